The molecule has 0 radical (unpaired) electrons. The highest BCUT2D eigenvalue weighted by Gasteiger charge is 2.29. The van der Waals surface area contributed by atoms with Gasteiger partial charge in [-0.1, -0.05) is 13.3 Å². The van der Waals surface area contributed by atoms with E-state index in [0.717, 1.165) is 25.9 Å². The van der Waals surface area contributed by atoms with Crippen molar-refractivity contribution in [2.75, 3.05) is 13.1 Å². The van der Waals surface area contributed by atoms with E-state index in [-0.39, 0.29) is 5.92 Å². The van der Waals surface area contributed by atoms with Crippen LogP contribution in [0.4, 0.5) is 0 Å². The molecule has 2 fully saturated rings. The fourth-order valence-corrected chi connectivity index (χ4v) is 3.04. The maximum Gasteiger partial charge on any atom is 0.223 e. The lowest BCUT2D eigenvalue weighted by molar-refractivity contribution is -0.125. The number of nitrogens with one attached hydrogen (secondary N) is 2. The Hall–Kier alpha value is -0.570. The number of hydrogen-bond donors (Lipinski definition) is 2. The fraction of sp³-hybridized carbons (Fsp3) is 0.923. The van der Waals surface area contributed by atoms with Crippen LogP contribution in [0.15, 0.2) is 0 Å². The van der Waals surface area contributed by atoms with Crippen molar-refractivity contribution in [1.82, 2.24) is 10.6 Å². The number of carbonyl (C=O) groups is 1. The fourth-order valence-electron chi connectivity index (χ4n) is 3.04. The van der Waals surface area contributed by atoms with Gasteiger partial charge in [0.05, 0.1) is 0 Å². The van der Waals surface area contributed by atoms with Crippen LogP contribution in [0, 0.1) is 11.8 Å². The van der Waals surface area contributed by atoms with Gasteiger partial charge in [-0.3, -0.25) is 4.79 Å². The van der Waals surface area contributed by atoms with Crippen molar-refractivity contribution in [3.05, 3.63) is 0 Å². The van der Waals surface area contributed by atoms with Gasteiger partial charge in [0.1, 0.15) is 0 Å². The molecule has 0 aromatic rings. The lowest BCUT2D eigenvalue weighted by atomic mass is 9.97. The lowest BCUT2D eigenvalue weighted by Gasteiger charge is -2.16. The summed E-state index contributed by atoms with van der Waals surface area (Å²) in [4.78, 5) is 11.9. The molecular formula is C13H24N2O. The van der Waals surface area contributed by atoms with Gasteiger partial charge >= 0.3 is 0 Å². The quantitative estimate of drug-likeness (QED) is 0.763. The Labute approximate surface area is 98.4 Å². The Balaban J connectivity index is 1.63. The molecule has 3 nitrogen and oxygen atoms in total. The lowest BCUT2D eigenvalue weighted by Crippen LogP contribution is -2.35. The summed E-state index contributed by atoms with van der Waals surface area (Å²) >= 11 is 0. The summed E-state index contributed by atoms with van der Waals surface area (Å²) in [6.07, 6.45) is 7.20. The Kier molecular flexibility index (Phi) is 4.22. The molecule has 1 saturated carbocycles. The van der Waals surface area contributed by atoms with Gasteiger partial charge in [-0.05, 0) is 44.6 Å². The first-order valence-corrected chi connectivity index (χ1v) is 6.78. The molecule has 0 spiro atoms. The number of rotatable bonds is 4. The summed E-state index contributed by atoms with van der Waals surface area (Å²) in [6, 6.07) is 0.640. The molecule has 92 valence electrons. The molecule has 3 atom stereocenters. The molecule has 3 heteroatoms. The summed E-state index contributed by atoms with van der Waals surface area (Å²) in [6.45, 7) is 4.20. The monoisotopic (exact) mass is 224 g/mol. The summed E-state index contributed by atoms with van der Waals surface area (Å²) < 4.78 is 0. The van der Waals surface area contributed by atoms with Crippen LogP contribution in [0.25, 0.3) is 0 Å². The topological polar surface area (TPSA) is 41.1 Å². The molecule has 2 aliphatic rings. The second kappa shape index (κ2) is 5.67. The highest BCUT2D eigenvalue weighted by atomic mass is 16.1. The maximum absolute atomic E-state index is 11.9. The van der Waals surface area contributed by atoms with Gasteiger partial charge in [-0.25, -0.2) is 0 Å². The third kappa shape index (κ3) is 2.97. The highest BCUT2D eigenvalue weighted by molar-refractivity contribution is 5.79. The van der Waals surface area contributed by atoms with E-state index in [1.165, 1.54) is 25.7 Å². The highest BCUT2D eigenvalue weighted by Crippen LogP contribution is 2.31. The molecule has 1 aliphatic heterocycles. The first-order chi connectivity index (χ1) is 7.77. The number of amides is 1. The molecule has 2 unspecified atom stereocenters. The normalized spacial score (nSPS) is 34.2. The van der Waals surface area contributed by atoms with E-state index >= 15 is 0 Å². The minimum atomic E-state index is 0.288. The minimum absolute atomic E-state index is 0.288. The van der Waals surface area contributed by atoms with Crippen LogP contribution in [0.3, 0.4) is 0 Å². The van der Waals surface area contributed by atoms with Crippen molar-refractivity contribution in [3.63, 3.8) is 0 Å². The van der Waals surface area contributed by atoms with Gasteiger partial charge in [0, 0.05) is 18.5 Å². The van der Waals surface area contributed by atoms with Crippen LogP contribution < -0.4 is 10.6 Å². The summed E-state index contributed by atoms with van der Waals surface area (Å²) in [7, 11) is 0. The predicted molar refractivity (Wildman–Crippen MR) is 65.2 cm³/mol. The van der Waals surface area contributed by atoms with Crippen LogP contribution in [0.5, 0.6) is 0 Å². The number of carbonyl (C=O) groups excluding carboxylic acids is 1. The zero-order valence-electron chi connectivity index (χ0n) is 10.3. The molecule has 0 aromatic carbocycles. The van der Waals surface area contributed by atoms with E-state index in [0.29, 0.717) is 17.9 Å². The summed E-state index contributed by atoms with van der Waals surface area (Å²) in [5.74, 6) is 1.17. The Bertz CT molecular complexity index is 236. The molecule has 2 rings (SSSR count). The molecule has 16 heavy (non-hydrogen) atoms. The summed E-state index contributed by atoms with van der Waals surface area (Å²) in [5.41, 5.74) is 0. The number of hydrogen-bond acceptors (Lipinski definition) is 2. The first-order valence-electron chi connectivity index (χ1n) is 6.78. The largest absolute Gasteiger partial charge is 0.356 e. The average Bonchev–Trinajstić information content (AvgIpc) is 2.88. The van der Waals surface area contributed by atoms with Gasteiger partial charge in [0.2, 0.25) is 5.91 Å². The molecule has 1 heterocycles. The van der Waals surface area contributed by atoms with Gasteiger partial charge in [-0.2, -0.15) is 0 Å². The van der Waals surface area contributed by atoms with Crippen LogP contribution in [-0.4, -0.2) is 25.0 Å². The second-order valence-electron chi connectivity index (χ2n) is 5.39. The van der Waals surface area contributed by atoms with Crippen molar-refractivity contribution >= 4 is 5.91 Å². The zero-order chi connectivity index (χ0) is 11.4. The van der Waals surface area contributed by atoms with Crippen LogP contribution in [-0.2, 0) is 4.79 Å². The second-order valence-corrected chi connectivity index (χ2v) is 5.39. The predicted octanol–water partition coefficient (Wildman–Crippen LogP) is 1.68. The summed E-state index contributed by atoms with van der Waals surface area (Å²) in [5, 5.41) is 6.56. The standard InChI is InChI=1S/C13H24N2O/c1-10-4-2-6-12(10)13(16)15-9-7-11-5-3-8-14-11/h10-12,14H,2-9H2,1H3,(H,15,16)/t10?,11-,12?/m0/s1. The van der Waals surface area contributed by atoms with Crippen molar-refractivity contribution < 1.29 is 4.79 Å². The maximum atomic E-state index is 11.9. The van der Waals surface area contributed by atoms with Gasteiger partial charge in [-0.15, -0.1) is 0 Å². The van der Waals surface area contributed by atoms with E-state index in [4.69, 9.17) is 0 Å². The van der Waals surface area contributed by atoms with Crippen LogP contribution in [0.1, 0.15) is 45.4 Å². The smallest absolute Gasteiger partial charge is 0.223 e. The van der Waals surface area contributed by atoms with E-state index in [9.17, 15) is 4.79 Å². The molecule has 1 aliphatic carbocycles. The van der Waals surface area contributed by atoms with Gasteiger partial charge < -0.3 is 10.6 Å². The van der Waals surface area contributed by atoms with E-state index < -0.39 is 0 Å². The zero-order valence-corrected chi connectivity index (χ0v) is 10.3. The van der Waals surface area contributed by atoms with Crippen LogP contribution in [0.2, 0.25) is 0 Å². The third-order valence-electron chi connectivity index (χ3n) is 4.15. The van der Waals surface area contributed by atoms with Crippen molar-refractivity contribution in [1.29, 1.82) is 0 Å². The molecule has 2 N–H and O–H groups in total. The van der Waals surface area contributed by atoms with E-state index in [1.807, 2.05) is 0 Å². The molecule has 0 aromatic heterocycles. The minimum Gasteiger partial charge on any atom is -0.356 e. The van der Waals surface area contributed by atoms with E-state index in [2.05, 4.69) is 17.6 Å². The van der Waals surface area contributed by atoms with Crippen LogP contribution >= 0.6 is 0 Å². The third-order valence-corrected chi connectivity index (χ3v) is 4.15. The van der Waals surface area contributed by atoms with Gasteiger partial charge in [0.25, 0.3) is 0 Å². The molecule has 1 saturated heterocycles. The molecule has 1 amide bonds. The Morgan fingerprint density at radius 2 is 2.19 bits per heavy atom. The molecule has 0 bridgehead atoms. The average molecular weight is 224 g/mol. The van der Waals surface area contributed by atoms with E-state index in [1.54, 1.807) is 0 Å². The SMILES string of the molecule is CC1CCCC1C(=O)NCC[C@@H]1CCCN1. The van der Waals surface area contributed by atoms with Gasteiger partial charge in [0.15, 0.2) is 0 Å². The first kappa shape index (κ1) is 11.9. The van der Waals surface area contributed by atoms with Crippen molar-refractivity contribution in [2.45, 2.75) is 51.5 Å². The Morgan fingerprint density at radius 3 is 2.81 bits per heavy atom. The molecular weight excluding hydrogens is 200 g/mol. The van der Waals surface area contributed by atoms with Crippen molar-refractivity contribution in [2.24, 2.45) is 11.8 Å². The Morgan fingerprint density at radius 1 is 1.31 bits per heavy atom. The van der Waals surface area contributed by atoms with Crippen molar-refractivity contribution in [3.8, 4) is 0 Å².